The van der Waals surface area contributed by atoms with Crippen LogP contribution in [0.4, 0.5) is 5.69 Å². The molecular formula is C22H19N5O5S. The van der Waals surface area contributed by atoms with E-state index in [9.17, 15) is 8.42 Å². The molecule has 1 N–H and O–H groups in total. The van der Waals surface area contributed by atoms with Gasteiger partial charge in [-0.25, -0.2) is 18.4 Å². The third kappa shape index (κ3) is 4.58. The van der Waals surface area contributed by atoms with E-state index in [1.165, 1.54) is 12.1 Å². The summed E-state index contributed by atoms with van der Waals surface area (Å²) in [5, 5.41) is 0. The number of imidazole rings is 1. The van der Waals surface area contributed by atoms with Crippen LogP contribution in [0.3, 0.4) is 0 Å². The molecule has 4 aromatic rings. The number of hydrogen-bond acceptors (Lipinski definition) is 8. The van der Waals surface area contributed by atoms with Crippen molar-refractivity contribution in [3.05, 3.63) is 73.1 Å². The highest BCUT2D eigenvalue weighted by atomic mass is 32.2. The van der Waals surface area contributed by atoms with Crippen molar-refractivity contribution in [3.63, 3.8) is 0 Å². The molecule has 0 saturated carbocycles. The van der Waals surface area contributed by atoms with Crippen LogP contribution in [0.1, 0.15) is 5.82 Å². The third-order valence-electron chi connectivity index (χ3n) is 4.72. The molecule has 5 rings (SSSR count). The summed E-state index contributed by atoms with van der Waals surface area (Å²) in [4.78, 5) is 12.8. The molecule has 2 aromatic carbocycles. The average Bonchev–Trinajstić information content (AvgIpc) is 3.35. The van der Waals surface area contributed by atoms with Gasteiger partial charge < -0.3 is 14.2 Å². The molecular weight excluding hydrogens is 446 g/mol. The number of hydrogen-bond donors (Lipinski definition) is 1. The van der Waals surface area contributed by atoms with Gasteiger partial charge >= 0.3 is 0 Å². The number of aryl methyl sites for hydroxylation is 1. The van der Waals surface area contributed by atoms with Gasteiger partial charge in [0.05, 0.1) is 4.90 Å². The first-order chi connectivity index (χ1) is 16.0. The second-order valence-corrected chi connectivity index (χ2v) is 8.80. The van der Waals surface area contributed by atoms with E-state index in [4.69, 9.17) is 14.2 Å². The van der Waals surface area contributed by atoms with E-state index in [0.717, 1.165) is 0 Å². The predicted octanol–water partition coefficient (Wildman–Crippen LogP) is 3.34. The Morgan fingerprint density at radius 3 is 2.55 bits per heavy atom. The van der Waals surface area contributed by atoms with Gasteiger partial charge in [0.25, 0.3) is 10.0 Å². The lowest BCUT2D eigenvalue weighted by Crippen LogP contribution is -2.17. The smallest absolute Gasteiger partial charge is 0.262 e. The highest BCUT2D eigenvalue weighted by Gasteiger charge is 2.19. The number of ether oxygens (including phenoxy) is 3. The molecule has 1 aliphatic heterocycles. The molecule has 0 atom stereocenters. The summed E-state index contributed by atoms with van der Waals surface area (Å²) >= 11 is 0. The van der Waals surface area contributed by atoms with Gasteiger partial charge in [0.15, 0.2) is 11.5 Å². The number of rotatable bonds is 6. The highest BCUT2D eigenvalue weighted by molar-refractivity contribution is 7.92. The van der Waals surface area contributed by atoms with Crippen LogP contribution in [0.5, 0.6) is 23.1 Å². The van der Waals surface area contributed by atoms with Gasteiger partial charge in [-0.2, -0.15) is 4.98 Å². The Morgan fingerprint density at radius 2 is 1.79 bits per heavy atom. The molecule has 0 aliphatic carbocycles. The Morgan fingerprint density at radius 1 is 1.00 bits per heavy atom. The number of anilines is 1. The summed E-state index contributed by atoms with van der Waals surface area (Å²) in [7, 11) is -3.81. The molecule has 168 valence electrons. The van der Waals surface area contributed by atoms with Gasteiger partial charge in [0.2, 0.25) is 5.88 Å². The summed E-state index contributed by atoms with van der Waals surface area (Å²) < 4.78 is 46.6. The van der Waals surface area contributed by atoms with Crippen LogP contribution in [0, 0.1) is 6.92 Å². The largest absolute Gasteiger partial charge is 0.486 e. The standard InChI is InChI=1S/C22H19N5O5S/c1-15-24-21(27-9-8-23-14-27)13-22(25-15)32-17-4-2-16(3-5-17)26-33(28,29)18-6-7-19-20(12-18)31-11-10-30-19/h2-9,12-14,26H,10-11H2,1H3. The fraction of sp³-hybridized carbons (Fsp3) is 0.136. The minimum absolute atomic E-state index is 0.0792. The van der Waals surface area contributed by atoms with E-state index in [1.54, 1.807) is 66.6 Å². The van der Waals surface area contributed by atoms with Crippen LogP contribution in [0.25, 0.3) is 5.82 Å². The SMILES string of the molecule is Cc1nc(Oc2ccc(NS(=O)(=O)c3ccc4c(c3)OCCO4)cc2)cc(-n2ccnc2)n1. The summed E-state index contributed by atoms with van der Waals surface area (Å²) in [6.45, 7) is 2.58. The fourth-order valence-corrected chi connectivity index (χ4v) is 4.29. The number of nitrogens with zero attached hydrogens (tertiary/aromatic N) is 4. The van der Waals surface area contributed by atoms with Gasteiger partial charge in [0.1, 0.15) is 36.9 Å². The van der Waals surface area contributed by atoms with Crippen LogP contribution >= 0.6 is 0 Å². The lowest BCUT2D eigenvalue weighted by atomic mass is 10.3. The predicted molar refractivity (Wildman–Crippen MR) is 119 cm³/mol. The Labute approximate surface area is 189 Å². The maximum absolute atomic E-state index is 12.8. The molecule has 10 nitrogen and oxygen atoms in total. The van der Waals surface area contributed by atoms with Crippen molar-refractivity contribution < 1.29 is 22.6 Å². The van der Waals surface area contributed by atoms with E-state index in [2.05, 4.69) is 19.7 Å². The van der Waals surface area contributed by atoms with Crippen LogP contribution in [0.2, 0.25) is 0 Å². The lowest BCUT2D eigenvalue weighted by molar-refractivity contribution is 0.171. The number of benzene rings is 2. The van der Waals surface area contributed by atoms with Gasteiger partial charge in [-0.1, -0.05) is 0 Å². The van der Waals surface area contributed by atoms with Crippen molar-refractivity contribution in [3.8, 4) is 28.9 Å². The molecule has 0 bridgehead atoms. The van der Waals surface area contributed by atoms with Crippen LogP contribution in [-0.4, -0.2) is 41.2 Å². The molecule has 0 amide bonds. The molecule has 0 radical (unpaired) electrons. The summed E-state index contributed by atoms with van der Waals surface area (Å²) in [5.41, 5.74) is 0.384. The number of aromatic nitrogens is 4. The van der Waals surface area contributed by atoms with Crippen molar-refractivity contribution >= 4 is 15.7 Å². The van der Waals surface area contributed by atoms with Crippen LogP contribution < -0.4 is 18.9 Å². The molecule has 3 heterocycles. The second kappa shape index (κ2) is 8.43. The maximum atomic E-state index is 12.8. The normalized spacial score (nSPS) is 12.9. The summed E-state index contributed by atoms with van der Waals surface area (Å²) in [6.07, 6.45) is 5.06. The van der Waals surface area contributed by atoms with Crippen molar-refractivity contribution in [1.29, 1.82) is 0 Å². The minimum Gasteiger partial charge on any atom is -0.486 e. The number of fused-ring (bicyclic) bond motifs is 1. The summed E-state index contributed by atoms with van der Waals surface area (Å²) in [5.74, 6) is 2.95. The maximum Gasteiger partial charge on any atom is 0.262 e. The molecule has 0 spiro atoms. The fourth-order valence-electron chi connectivity index (χ4n) is 3.22. The quantitative estimate of drug-likeness (QED) is 0.461. The van der Waals surface area contributed by atoms with Crippen LogP contribution in [-0.2, 0) is 10.0 Å². The highest BCUT2D eigenvalue weighted by Crippen LogP contribution is 2.33. The van der Waals surface area contributed by atoms with E-state index >= 15 is 0 Å². The number of nitrogens with one attached hydrogen (secondary N) is 1. The summed E-state index contributed by atoms with van der Waals surface area (Å²) in [6, 6.07) is 12.7. The van der Waals surface area contributed by atoms with Crippen molar-refractivity contribution in [2.75, 3.05) is 17.9 Å². The van der Waals surface area contributed by atoms with E-state index in [0.29, 0.717) is 53.7 Å². The Hall–Kier alpha value is -4.12. The minimum atomic E-state index is -3.81. The third-order valence-corrected chi connectivity index (χ3v) is 6.10. The molecule has 0 fully saturated rings. The van der Waals surface area contributed by atoms with E-state index < -0.39 is 10.0 Å². The molecule has 2 aromatic heterocycles. The Balaban J connectivity index is 1.31. The lowest BCUT2D eigenvalue weighted by Gasteiger charge is -2.19. The first kappa shape index (κ1) is 20.8. The first-order valence-corrected chi connectivity index (χ1v) is 11.5. The van der Waals surface area contributed by atoms with Gasteiger partial charge in [0, 0.05) is 30.2 Å². The monoisotopic (exact) mass is 465 g/mol. The zero-order valence-electron chi connectivity index (χ0n) is 17.5. The molecule has 33 heavy (non-hydrogen) atoms. The zero-order chi connectivity index (χ0) is 22.8. The second-order valence-electron chi connectivity index (χ2n) is 7.12. The Bertz CT molecular complexity index is 1390. The van der Waals surface area contributed by atoms with E-state index in [-0.39, 0.29) is 4.90 Å². The number of sulfonamides is 1. The average molecular weight is 465 g/mol. The molecule has 11 heteroatoms. The van der Waals surface area contributed by atoms with Crippen molar-refractivity contribution in [2.45, 2.75) is 11.8 Å². The van der Waals surface area contributed by atoms with Crippen LogP contribution in [0.15, 0.2) is 72.1 Å². The molecule has 0 saturated heterocycles. The van der Waals surface area contributed by atoms with Gasteiger partial charge in [-0.05, 0) is 43.3 Å². The van der Waals surface area contributed by atoms with E-state index in [1.807, 2.05) is 0 Å². The first-order valence-electron chi connectivity index (χ1n) is 10.0. The Kier molecular flexibility index (Phi) is 5.31. The van der Waals surface area contributed by atoms with Gasteiger partial charge in [-0.15, -0.1) is 0 Å². The van der Waals surface area contributed by atoms with Crippen molar-refractivity contribution in [2.24, 2.45) is 0 Å². The van der Waals surface area contributed by atoms with Gasteiger partial charge in [-0.3, -0.25) is 9.29 Å². The van der Waals surface area contributed by atoms with Crippen molar-refractivity contribution in [1.82, 2.24) is 19.5 Å². The molecule has 1 aliphatic rings. The topological polar surface area (TPSA) is 117 Å². The zero-order valence-corrected chi connectivity index (χ0v) is 18.3. The molecule has 0 unspecified atom stereocenters.